The normalized spacial score (nSPS) is 30.4. The molecule has 1 aliphatic heterocycles. The third kappa shape index (κ3) is 2.02. The predicted molar refractivity (Wildman–Crippen MR) is 56.9 cm³/mol. The van der Waals surface area contributed by atoms with Crippen molar-refractivity contribution >= 4 is 5.82 Å². The Morgan fingerprint density at radius 2 is 2.53 bits per heavy atom. The van der Waals surface area contributed by atoms with Crippen LogP contribution in [0.4, 0.5) is 5.82 Å². The lowest BCUT2D eigenvalue weighted by Gasteiger charge is -2.29. The molecule has 0 bridgehead atoms. The van der Waals surface area contributed by atoms with Gasteiger partial charge in [-0.1, -0.05) is 0 Å². The van der Waals surface area contributed by atoms with Gasteiger partial charge in [0.15, 0.2) is 0 Å². The Kier molecular flexibility index (Phi) is 2.48. The molecule has 0 spiro atoms. The van der Waals surface area contributed by atoms with Crippen LogP contribution in [-0.2, 0) is 4.74 Å². The van der Waals surface area contributed by atoms with E-state index in [-0.39, 0.29) is 17.2 Å². The molecule has 1 fully saturated rings. The van der Waals surface area contributed by atoms with Crippen molar-refractivity contribution in [1.29, 1.82) is 0 Å². The molecule has 0 amide bonds. The van der Waals surface area contributed by atoms with Crippen LogP contribution in [0.5, 0.6) is 0 Å². The standard InChI is InChI=1S/C10H15N3O2/c1-7-10(2,3-4-15-7)13-8-5-9(14)12-6-11-8/h5-7H,3-4H2,1-2H3,(H2,11,12,13,14). The van der Waals surface area contributed by atoms with Gasteiger partial charge in [-0.2, -0.15) is 0 Å². The molecule has 15 heavy (non-hydrogen) atoms. The molecular weight excluding hydrogens is 194 g/mol. The van der Waals surface area contributed by atoms with E-state index >= 15 is 0 Å². The van der Waals surface area contributed by atoms with Crippen LogP contribution in [0.1, 0.15) is 20.3 Å². The van der Waals surface area contributed by atoms with E-state index in [4.69, 9.17) is 4.74 Å². The molecule has 1 aliphatic rings. The zero-order valence-corrected chi connectivity index (χ0v) is 8.91. The van der Waals surface area contributed by atoms with Gasteiger partial charge in [-0.3, -0.25) is 4.79 Å². The first-order valence-corrected chi connectivity index (χ1v) is 5.05. The molecule has 1 aromatic rings. The summed E-state index contributed by atoms with van der Waals surface area (Å²) in [6.07, 6.45) is 2.44. The third-order valence-corrected chi connectivity index (χ3v) is 2.98. The predicted octanol–water partition coefficient (Wildman–Crippen LogP) is 0.749. The molecule has 2 unspecified atom stereocenters. The van der Waals surface area contributed by atoms with Crippen LogP contribution >= 0.6 is 0 Å². The highest BCUT2D eigenvalue weighted by atomic mass is 16.5. The van der Waals surface area contributed by atoms with Crippen LogP contribution in [-0.4, -0.2) is 28.2 Å². The number of rotatable bonds is 2. The fourth-order valence-electron chi connectivity index (χ4n) is 1.73. The number of aromatic nitrogens is 2. The molecule has 0 radical (unpaired) electrons. The van der Waals surface area contributed by atoms with Crippen molar-refractivity contribution in [2.24, 2.45) is 0 Å². The van der Waals surface area contributed by atoms with Gasteiger partial charge in [-0.05, 0) is 20.3 Å². The minimum Gasteiger partial charge on any atom is -0.376 e. The molecule has 5 heteroatoms. The van der Waals surface area contributed by atoms with E-state index in [1.54, 1.807) is 0 Å². The Bertz CT molecular complexity index is 404. The molecular formula is C10H15N3O2. The molecule has 2 N–H and O–H groups in total. The average Bonchev–Trinajstić information content (AvgIpc) is 2.47. The quantitative estimate of drug-likeness (QED) is 0.754. The highest BCUT2D eigenvalue weighted by Crippen LogP contribution is 2.28. The molecule has 5 nitrogen and oxygen atoms in total. The molecule has 0 aromatic carbocycles. The molecule has 0 aliphatic carbocycles. The van der Waals surface area contributed by atoms with E-state index in [9.17, 15) is 4.79 Å². The maximum atomic E-state index is 11.1. The van der Waals surface area contributed by atoms with Crippen LogP contribution in [0.25, 0.3) is 0 Å². The number of ether oxygens (including phenoxy) is 1. The van der Waals surface area contributed by atoms with Gasteiger partial charge < -0.3 is 15.0 Å². The Hall–Kier alpha value is -1.36. The van der Waals surface area contributed by atoms with Crippen molar-refractivity contribution in [2.75, 3.05) is 11.9 Å². The van der Waals surface area contributed by atoms with Crippen LogP contribution < -0.4 is 10.9 Å². The second kappa shape index (κ2) is 3.66. The monoisotopic (exact) mass is 209 g/mol. The number of anilines is 1. The lowest BCUT2D eigenvalue weighted by atomic mass is 9.95. The maximum absolute atomic E-state index is 11.1. The number of nitrogens with zero attached hydrogens (tertiary/aromatic N) is 1. The summed E-state index contributed by atoms with van der Waals surface area (Å²) in [5.41, 5.74) is -0.288. The number of nitrogens with one attached hydrogen (secondary N) is 2. The summed E-state index contributed by atoms with van der Waals surface area (Å²) < 4.78 is 5.49. The van der Waals surface area contributed by atoms with Crippen molar-refractivity contribution < 1.29 is 4.74 Å². The van der Waals surface area contributed by atoms with Gasteiger partial charge in [0.1, 0.15) is 5.82 Å². The number of aromatic amines is 1. The van der Waals surface area contributed by atoms with Gasteiger partial charge in [-0.15, -0.1) is 0 Å². The van der Waals surface area contributed by atoms with Gasteiger partial charge in [0.2, 0.25) is 0 Å². The van der Waals surface area contributed by atoms with Crippen molar-refractivity contribution in [1.82, 2.24) is 9.97 Å². The van der Waals surface area contributed by atoms with Gasteiger partial charge in [0.25, 0.3) is 5.56 Å². The molecule has 2 rings (SSSR count). The summed E-state index contributed by atoms with van der Waals surface area (Å²) in [6.45, 7) is 4.84. The minimum atomic E-state index is -0.150. The largest absolute Gasteiger partial charge is 0.376 e. The smallest absolute Gasteiger partial charge is 0.252 e. The highest BCUT2D eigenvalue weighted by molar-refractivity contribution is 5.36. The van der Waals surface area contributed by atoms with Gasteiger partial charge in [-0.25, -0.2) is 4.98 Å². The van der Waals surface area contributed by atoms with Gasteiger partial charge >= 0.3 is 0 Å². The third-order valence-electron chi connectivity index (χ3n) is 2.98. The lowest BCUT2D eigenvalue weighted by Crippen LogP contribution is -2.41. The Balaban J connectivity index is 2.18. The van der Waals surface area contributed by atoms with Crippen molar-refractivity contribution in [3.05, 3.63) is 22.7 Å². The summed E-state index contributed by atoms with van der Waals surface area (Å²) >= 11 is 0. The maximum Gasteiger partial charge on any atom is 0.252 e. The SMILES string of the molecule is CC1OCCC1(C)Nc1cc(=O)[nH]cn1. The van der Waals surface area contributed by atoms with E-state index in [0.29, 0.717) is 5.82 Å². The van der Waals surface area contributed by atoms with Gasteiger partial charge in [0, 0.05) is 12.7 Å². The summed E-state index contributed by atoms with van der Waals surface area (Å²) in [6, 6.07) is 1.45. The lowest BCUT2D eigenvalue weighted by molar-refractivity contribution is 0.105. The molecule has 1 saturated heterocycles. The highest BCUT2D eigenvalue weighted by Gasteiger charge is 2.37. The van der Waals surface area contributed by atoms with Gasteiger partial charge in [0.05, 0.1) is 18.0 Å². The minimum absolute atomic E-state index is 0.124. The first-order chi connectivity index (χ1) is 7.10. The summed E-state index contributed by atoms with van der Waals surface area (Å²) in [7, 11) is 0. The van der Waals surface area contributed by atoms with Crippen molar-refractivity contribution in [2.45, 2.75) is 31.9 Å². The van der Waals surface area contributed by atoms with E-state index < -0.39 is 0 Å². The zero-order valence-electron chi connectivity index (χ0n) is 8.91. The van der Waals surface area contributed by atoms with Crippen molar-refractivity contribution in [3.8, 4) is 0 Å². The second-order valence-electron chi connectivity index (χ2n) is 4.10. The van der Waals surface area contributed by atoms with Crippen molar-refractivity contribution in [3.63, 3.8) is 0 Å². The number of H-pyrrole nitrogens is 1. The first-order valence-electron chi connectivity index (χ1n) is 5.05. The fraction of sp³-hybridized carbons (Fsp3) is 0.600. The zero-order chi connectivity index (χ0) is 10.9. The van der Waals surface area contributed by atoms with E-state index in [2.05, 4.69) is 22.2 Å². The summed E-state index contributed by atoms with van der Waals surface area (Å²) in [4.78, 5) is 17.6. The molecule has 0 saturated carbocycles. The first kappa shape index (κ1) is 10.2. The summed E-state index contributed by atoms with van der Waals surface area (Å²) in [5.74, 6) is 0.596. The van der Waals surface area contributed by atoms with E-state index in [1.165, 1.54) is 12.4 Å². The number of hydrogen-bond acceptors (Lipinski definition) is 4. The topological polar surface area (TPSA) is 67.0 Å². The van der Waals surface area contributed by atoms with E-state index in [0.717, 1.165) is 13.0 Å². The Labute approximate surface area is 87.9 Å². The van der Waals surface area contributed by atoms with Crippen LogP contribution in [0.3, 0.4) is 0 Å². The molecule has 82 valence electrons. The van der Waals surface area contributed by atoms with E-state index in [1.807, 2.05) is 6.92 Å². The average molecular weight is 209 g/mol. The fourth-order valence-corrected chi connectivity index (χ4v) is 1.73. The Morgan fingerprint density at radius 1 is 1.73 bits per heavy atom. The van der Waals surface area contributed by atoms with Crippen LogP contribution in [0, 0.1) is 0 Å². The number of hydrogen-bond donors (Lipinski definition) is 2. The molecule has 2 heterocycles. The molecule has 2 atom stereocenters. The molecule has 1 aromatic heterocycles. The second-order valence-corrected chi connectivity index (χ2v) is 4.10. The van der Waals surface area contributed by atoms with Crippen LogP contribution in [0.15, 0.2) is 17.2 Å². The Morgan fingerprint density at radius 3 is 3.13 bits per heavy atom. The van der Waals surface area contributed by atoms with Crippen LogP contribution in [0.2, 0.25) is 0 Å². The summed E-state index contributed by atoms with van der Waals surface area (Å²) in [5, 5.41) is 3.25.